The summed E-state index contributed by atoms with van der Waals surface area (Å²) in [5, 5.41) is -0.165. The van der Waals surface area contributed by atoms with E-state index in [2.05, 4.69) is 13.8 Å². The van der Waals surface area contributed by atoms with E-state index in [4.69, 9.17) is 0 Å². The Bertz CT molecular complexity index is 591. The molecule has 118 valence electrons. The Hall–Kier alpha value is -1.75. The lowest BCUT2D eigenvalue weighted by Gasteiger charge is -2.13. The van der Waals surface area contributed by atoms with Gasteiger partial charge < -0.3 is 4.90 Å². The lowest BCUT2D eigenvalue weighted by atomic mass is 10.1. The molecule has 0 aromatic heterocycles. The molecule has 1 fully saturated rings. The molecule has 4 nitrogen and oxygen atoms in total. The number of thioether (sulfide) groups is 1. The first-order chi connectivity index (χ1) is 10.4. The lowest BCUT2D eigenvalue weighted by Crippen LogP contribution is -2.29. The SMILES string of the molecule is CC(C)CCN1C(=O)SC(=Cc2ccc(N(C)C)cc2)C1=O. The van der Waals surface area contributed by atoms with Crippen LogP contribution in [0.25, 0.3) is 6.08 Å². The third kappa shape index (κ3) is 3.91. The number of rotatable bonds is 5. The van der Waals surface area contributed by atoms with Crippen molar-refractivity contribution in [2.45, 2.75) is 20.3 Å². The summed E-state index contributed by atoms with van der Waals surface area (Å²) in [6, 6.07) is 7.90. The van der Waals surface area contributed by atoms with Gasteiger partial charge in [-0.15, -0.1) is 0 Å². The highest BCUT2D eigenvalue weighted by Gasteiger charge is 2.34. The van der Waals surface area contributed by atoms with Gasteiger partial charge in [-0.3, -0.25) is 14.5 Å². The molecule has 0 radical (unpaired) electrons. The van der Waals surface area contributed by atoms with E-state index in [0.29, 0.717) is 17.4 Å². The third-order valence-electron chi connectivity index (χ3n) is 3.51. The minimum Gasteiger partial charge on any atom is -0.378 e. The number of nitrogens with zero attached hydrogens (tertiary/aromatic N) is 2. The quantitative estimate of drug-likeness (QED) is 0.774. The van der Waals surface area contributed by atoms with E-state index in [0.717, 1.165) is 29.4 Å². The van der Waals surface area contributed by atoms with Crippen LogP contribution in [0, 0.1) is 5.92 Å². The standard InChI is InChI=1S/C17H22N2O2S/c1-12(2)9-10-19-16(20)15(22-17(19)21)11-13-5-7-14(8-6-13)18(3)4/h5-8,11-12H,9-10H2,1-4H3. The van der Waals surface area contributed by atoms with Crippen LogP contribution in [0.3, 0.4) is 0 Å². The number of amides is 2. The average molecular weight is 318 g/mol. The second-order valence-electron chi connectivity index (χ2n) is 6.00. The van der Waals surface area contributed by atoms with Crippen LogP contribution in [-0.2, 0) is 4.79 Å². The van der Waals surface area contributed by atoms with Gasteiger partial charge in [0.2, 0.25) is 0 Å². The summed E-state index contributed by atoms with van der Waals surface area (Å²) in [7, 11) is 3.96. The van der Waals surface area contributed by atoms with Crippen molar-refractivity contribution >= 4 is 34.7 Å². The number of benzene rings is 1. The Morgan fingerprint density at radius 1 is 1.18 bits per heavy atom. The topological polar surface area (TPSA) is 40.6 Å². The molecule has 0 atom stereocenters. The van der Waals surface area contributed by atoms with E-state index in [1.54, 1.807) is 6.08 Å². The predicted molar refractivity (Wildman–Crippen MR) is 92.9 cm³/mol. The molecule has 1 aromatic rings. The average Bonchev–Trinajstić information content (AvgIpc) is 2.72. The Morgan fingerprint density at radius 3 is 2.36 bits per heavy atom. The molecule has 1 aliphatic heterocycles. The summed E-state index contributed by atoms with van der Waals surface area (Å²) in [6.07, 6.45) is 2.63. The maximum atomic E-state index is 12.3. The minimum absolute atomic E-state index is 0.165. The predicted octanol–water partition coefficient (Wildman–Crippen LogP) is 3.84. The second-order valence-corrected chi connectivity index (χ2v) is 7.00. The molecule has 0 unspecified atom stereocenters. The molecule has 2 amide bonds. The fourth-order valence-corrected chi connectivity index (χ4v) is 2.97. The van der Waals surface area contributed by atoms with Crippen molar-refractivity contribution in [3.8, 4) is 0 Å². The maximum absolute atomic E-state index is 12.3. The number of carbonyl (C=O) groups excluding carboxylic acids is 2. The van der Waals surface area contributed by atoms with Gasteiger partial charge in [0.25, 0.3) is 11.1 Å². The van der Waals surface area contributed by atoms with E-state index < -0.39 is 0 Å². The zero-order valence-electron chi connectivity index (χ0n) is 13.5. The highest BCUT2D eigenvalue weighted by molar-refractivity contribution is 8.18. The molecular weight excluding hydrogens is 296 g/mol. The molecule has 0 N–H and O–H groups in total. The van der Waals surface area contributed by atoms with Crippen molar-refractivity contribution in [3.05, 3.63) is 34.7 Å². The molecule has 1 aromatic carbocycles. The number of anilines is 1. The van der Waals surface area contributed by atoms with Crippen molar-refractivity contribution in [3.63, 3.8) is 0 Å². The van der Waals surface area contributed by atoms with E-state index in [1.165, 1.54) is 4.90 Å². The van der Waals surface area contributed by atoms with Crippen LogP contribution in [0.15, 0.2) is 29.2 Å². The highest BCUT2D eigenvalue weighted by atomic mass is 32.2. The zero-order valence-corrected chi connectivity index (χ0v) is 14.3. The van der Waals surface area contributed by atoms with Crippen LogP contribution in [-0.4, -0.2) is 36.7 Å². The third-order valence-corrected chi connectivity index (χ3v) is 4.42. The van der Waals surface area contributed by atoms with Crippen LogP contribution in [0.5, 0.6) is 0 Å². The Balaban J connectivity index is 2.12. The van der Waals surface area contributed by atoms with Crippen LogP contribution >= 0.6 is 11.8 Å². The van der Waals surface area contributed by atoms with Gasteiger partial charge in [0.05, 0.1) is 4.91 Å². The first-order valence-electron chi connectivity index (χ1n) is 7.41. The largest absolute Gasteiger partial charge is 0.378 e. The van der Waals surface area contributed by atoms with Gasteiger partial charge in [0.15, 0.2) is 0 Å². The lowest BCUT2D eigenvalue weighted by molar-refractivity contribution is -0.122. The summed E-state index contributed by atoms with van der Waals surface area (Å²) in [4.78, 5) is 28.2. The molecule has 1 aliphatic rings. The summed E-state index contributed by atoms with van der Waals surface area (Å²) in [5.74, 6) is 0.296. The molecular formula is C17H22N2O2S. The molecule has 2 rings (SSSR count). The van der Waals surface area contributed by atoms with Gasteiger partial charge in [0, 0.05) is 26.3 Å². The molecule has 22 heavy (non-hydrogen) atoms. The summed E-state index contributed by atoms with van der Waals surface area (Å²) in [5.41, 5.74) is 2.03. The van der Waals surface area contributed by atoms with Crippen LogP contribution in [0.2, 0.25) is 0 Å². The minimum atomic E-state index is -0.174. The number of carbonyl (C=O) groups is 2. The van der Waals surface area contributed by atoms with Gasteiger partial charge in [-0.2, -0.15) is 0 Å². The number of hydrogen-bond acceptors (Lipinski definition) is 4. The van der Waals surface area contributed by atoms with Crippen molar-refractivity contribution in [1.82, 2.24) is 4.90 Å². The first-order valence-corrected chi connectivity index (χ1v) is 8.23. The monoisotopic (exact) mass is 318 g/mol. The smallest absolute Gasteiger partial charge is 0.293 e. The molecule has 0 saturated carbocycles. The molecule has 5 heteroatoms. The van der Waals surface area contributed by atoms with Gasteiger partial charge in [0.1, 0.15) is 0 Å². The number of hydrogen-bond donors (Lipinski definition) is 0. The molecule has 0 aliphatic carbocycles. The van der Waals surface area contributed by atoms with E-state index in [-0.39, 0.29) is 11.1 Å². The highest BCUT2D eigenvalue weighted by Crippen LogP contribution is 2.32. The van der Waals surface area contributed by atoms with Crippen molar-refractivity contribution in [1.29, 1.82) is 0 Å². The zero-order chi connectivity index (χ0) is 16.3. The van der Waals surface area contributed by atoms with Crippen LogP contribution in [0.1, 0.15) is 25.8 Å². The van der Waals surface area contributed by atoms with E-state index in [9.17, 15) is 9.59 Å². The fourth-order valence-electron chi connectivity index (χ4n) is 2.10. The van der Waals surface area contributed by atoms with Crippen molar-refractivity contribution < 1.29 is 9.59 Å². The van der Waals surface area contributed by atoms with Crippen molar-refractivity contribution in [2.24, 2.45) is 5.92 Å². The van der Waals surface area contributed by atoms with Gasteiger partial charge >= 0.3 is 0 Å². The number of imide groups is 1. The van der Waals surface area contributed by atoms with Crippen molar-refractivity contribution in [2.75, 3.05) is 25.5 Å². The van der Waals surface area contributed by atoms with Crippen LogP contribution < -0.4 is 4.90 Å². The van der Waals surface area contributed by atoms with Gasteiger partial charge in [-0.1, -0.05) is 26.0 Å². The summed E-state index contributed by atoms with van der Waals surface area (Å²) in [6.45, 7) is 4.67. The second kappa shape index (κ2) is 7.01. The Morgan fingerprint density at radius 2 is 1.82 bits per heavy atom. The maximum Gasteiger partial charge on any atom is 0.293 e. The molecule has 0 spiro atoms. The summed E-state index contributed by atoms with van der Waals surface area (Å²) < 4.78 is 0. The normalized spacial score (nSPS) is 17.0. The molecule has 1 saturated heterocycles. The van der Waals surface area contributed by atoms with E-state index >= 15 is 0 Å². The molecule has 0 bridgehead atoms. The Kier molecular flexibility index (Phi) is 5.29. The van der Waals surface area contributed by atoms with Gasteiger partial charge in [-0.25, -0.2) is 0 Å². The fraction of sp³-hybridized carbons (Fsp3) is 0.412. The Labute approximate surface area is 136 Å². The van der Waals surface area contributed by atoms with Gasteiger partial charge in [-0.05, 0) is 47.9 Å². The molecule has 1 heterocycles. The van der Waals surface area contributed by atoms with E-state index in [1.807, 2.05) is 43.3 Å². The first kappa shape index (κ1) is 16.6. The summed E-state index contributed by atoms with van der Waals surface area (Å²) >= 11 is 1.03. The van der Waals surface area contributed by atoms with Crippen LogP contribution in [0.4, 0.5) is 10.5 Å².